The third-order valence-electron chi connectivity index (χ3n) is 4.22. The highest BCUT2D eigenvalue weighted by atomic mass is 32.2. The fraction of sp³-hybridized carbons (Fsp3) is 0.333. The van der Waals surface area contributed by atoms with E-state index in [2.05, 4.69) is 0 Å². The zero-order valence-electron chi connectivity index (χ0n) is 15.3. The van der Waals surface area contributed by atoms with Gasteiger partial charge < -0.3 is 9.64 Å². The lowest BCUT2D eigenvalue weighted by molar-refractivity contribution is -0.149. The monoisotopic (exact) mass is 387 g/mol. The molecule has 1 amide bonds. The summed E-state index contributed by atoms with van der Waals surface area (Å²) in [6.07, 6.45) is 0. The van der Waals surface area contributed by atoms with Crippen molar-refractivity contribution in [1.82, 2.24) is 4.90 Å². The maximum absolute atomic E-state index is 13.6. The van der Waals surface area contributed by atoms with Crippen molar-refractivity contribution in [3.05, 3.63) is 71.5 Å². The average Bonchev–Trinajstić information content (AvgIpc) is 3.11. The van der Waals surface area contributed by atoms with Gasteiger partial charge in [0.05, 0.1) is 6.61 Å². The first-order chi connectivity index (χ1) is 13.0. The molecule has 2 atom stereocenters. The number of hydrogen-bond acceptors (Lipinski definition) is 4. The summed E-state index contributed by atoms with van der Waals surface area (Å²) in [5.41, 5.74) is 1.14. The highest BCUT2D eigenvalue weighted by Crippen LogP contribution is 2.42. The van der Waals surface area contributed by atoms with E-state index in [0.29, 0.717) is 12.4 Å². The normalized spacial score (nSPS) is 19.3. The van der Waals surface area contributed by atoms with Crippen molar-refractivity contribution in [2.75, 3.05) is 12.4 Å². The Bertz CT molecular complexity index is 812. The van der Waals surface area contributed by atoms with Crippen molar-refractivity contribution in [3.63, 3.8) is 0 Å². The van der Waals surface area contributed by atoms with Crippen LogP contribution in [0.5, 0.6) is 0 Å². The maximum atomic E-state index is 13.6. The number of halogens is 1. The van der Waals surface area contributed by atoms with Crippen LogP contribution in [0.3, 0.4) is 0 Å². The van der Waals surface area contributed by atoms with Gasteiger partial charge in [-0.3, -0.25) is 4.79 Å². The van der Waals surface area contributed by atoms with E-state index in [9.17, 15) is 14.0 Å². The lowest BCUT2D eigenvalue weighted by Gasteiger charge is -2.29. The van der Waals surface area contributed by atoms with Crippen LogP contribution < -0.4 is 0 Å². The second-order valence-electron chi connectivity index (χ2n) is 6.86. The molecule has 1 aliphatic heterocycles. The smallest absolute Gasteiger partial charge is 0.329 e. The van der Waals surface area contributed by atoms with Gasteiger partial charge in [0.1, 0.15) is 17.2 Å². The van der Waals surface area contributed by atoms with Crippen molar-refractivity contribution < 1.29 is 18.7 Å². The minimum atomic E-state index is -0.699. The van der Waals surface area contributed by atoms with E-state index >= 15 is 0 Å². The molecular formula is C21H22FNO3S. The molecule has 2 aromatic rings. The molecule has 1 aliphatic rings. The molecule has 0 radical (unpaired) electrons. The number of thioether (sulfide) groups is 1. The van der Waals surface area contributed by atoms with Crippen LogP contribution in [-0.2, 0) is 9.53 Å². The Hall–Kier alpha value is -2.34. The van der Waals surface area contributed by atoms with Crippen LogP contribution in [0.15, 0.2) is 54.6 Å². The molecule has 1 saturated heterocycles. The van der Waals surface area contributed by atoms with Crippen LogP contribution in [0.1, 0.15) is 35.1 Å². The third-order valence-corrected chi connectivity index (χ3v) is 5.55. The summed E-state index contributed by atoms with van der Waals surface area (Å²) in [5, 5.41) is -0.321. The van der Waals surface area contributed by atoms with Gasteiger partial charge in [0, 0.05) is 11.3 Å². The van der Waals surface area contributed by atoms with Crippen LogP contribution in [0.2, 0.25) is 0 Å². The van der Waals surface area contributed by atoms with E-state index in [0.717, 1.165) is 5.56 Å². The molecule has 6 heteroatoms. The molecule has 27 heavy (non-hydrogen) atoms. The second-order valence-corrected chi connectivity index (χ2v) is 7.97. The molecule has 142 valence electrons. The Morgan fingerprint density at radius 1 is 1.19 bits per heavy atom. The van der Waals surface area contributed by atoms with E-state index in [-0.39, 0.29) is 22.8 Å². The van der Waals surface area contributed by atoms with E-state index in [1.807, 2.05) is 44.2 Å². The lowest BCUT2D eigenvalue weighted by Crippen LogP contribution is -2.44. The quantitative estimate of drug-likeness (QED) is 0.719. The molecule has 0 saturated carbocycles. The maximum Gasteiger partial charge on any atom is 0.329 e. The number of nitrogens with zero attached hydrogens (tertiary/aromatic N) is 1. The van der Waals surface area contributed by atoms with Crippen LogP contribution in [0.25, 0.3) is 0 Å². The first kappa shape index (κ1) is 19.4. The SMILES string of the molecule is CC(C)COC(=O)[C@H]1CS[C@H](c2ccccc2)N1C(=O)c1cccc(F)c1. The van der Waals surface area contributed by atoms with Crippen LogP contribution in [0.4, 0.5) is 4.39 Å². The Labute approximate surface area is 162 Å². The number of amides is 1. The number of benzene rings is 2. The Kier molecular flexibility index (Phi) is 6.16. The van der Waals surface area contributed by atoms with Gasteiger partial charge in [0.25, 0.3) is 5.91 Å². The van der Waals surface area contributed by atoms with Crippen LogP contribution >= 0.6 is 11.8 Å². The molecule has 0 unspecified atom stereocenters. The lowest BCUT2D eigenvalue weighted by atomic mass is 10.1. The third kappa shape index (κ3) is 4.50. The first-order valence-electron chi connectivity index (χ1n) is 8.89. The molecule has 4 nitrogen and oxygen atoms in total. The standard InChI is InChI=1S/C21H22FNO3S/c1-14(2)12-26-21(25)18-13-27-20(15-7-4-3-5-8-15)23(18)19(24)16-9-6-10-17(22)11-16/h3-11,14,18,20H,12-13H2,1-2H3/t18-,20-/m1/s1. The predicted octanol–water partition coefficient (Wildman–Crippen LogP) is 4.28. The largest absolute Gasteiger partial charge is 0.464 e. The Morgan fingerprint density at radius 3 is 2.59 bits per heavy atom. The van der Waals surface area contributed by atoms with Gasteiger partial charge in [-0.15, -0.1) is 11.8 Å². The predicted molar refractivity (Wildman–Crippen MR) is 104 cm³/mol. The minimum absolute atomic E-state index is 0.209. The molecule has 0 spiro atoms. The number of esters is 1. The van der Waals surface area contributed by atoms with Crippen molar-refractivity contribution in [2.24, 2.45) is 5.92 Å². The molecule has 0 aliphatic carbocycles. The van der Waals surface area contributed by atoms with Crippen molar-refractivity contribution in [1.29, 1.82) is 0 Å². The summed E-state index contributed by atoms with van der Waals surface area (Å²) < 4.78 is 19.0. The van der Waals surface area contributed by atoms with Crippen molar-refractivity contribution >= 4 is 23.6 Å². The minimum Gasteiger partial charge on any atom is -0.464 e. The Morgan fingerprint density at radius 2 is 1.93 bits per heavy atom. The zero-order valence-corrected chi connectivity index (χ0v) is 16.1. The van der Waals surface area contributed by atoms with Crippen molar-refractivity contribution in [2.45, 2.75) is 25.3 Å². The van der Waals surface area contributed by atoms with E-state index in [1.54, 1.807) is 6.07 Å². The van der Waals surface area contributed by atoms with Gasteiger partial charge in [-0.2, -0.15) is 0 Å². The molecule has 1 heterocycles. The van der Waals surface area contributed by atoms with Gasteiger partial charge >= 0.3 is 5.97 Å². The Balaban J connectivity index is 1.92. The first-order valence-corrected chi connectivity index (χ1v) is 9.93. The molecule has 3 rings (SSSR count). The summed E-state index contributed by atoms with van der Waals surface area (Å²) in [6.45, 7) is 4.22. The average molecular weight is 387 g/mol. The number of carbonyl (C=O) groups excluding carboxylic acids is 2. The molecular weight excluding hydrogens is 365 g/mol. The number of ether oxygens (including phenoxy) is 1. The van der Waals surface area contributed by atoms with Gasteiger partial charge in [-0.1, -0.05) is 50.2 Å². The van der Waals surface area contributed by atoms with Gasteiger partial charge in [-0.25, -0.2) is 9.18 Å². The van der Waals surface area contributed by atoms with Crippen molar-refractivity contribution in [3.8, 4) is 0 Å². The fourth-order valence-corrected chi connectivity index (χ4v) is 4.34. The van der Waals surface area contributed by atoms with Crippen LogP contribution in [0, 0.1) is 11.7 Å². The molecule has 0 N–H and O–H groups in total. The van der Waals surface area contributed by atoms with E-state index in [4.69, 9.17) is 4.74 Å². The van der Waals surface area contributed by atoms with Gasteiger partial charge in [-0.05, 0) is 29.7 Å². The van der Waals surface area contributed by atoms with Gasteiger partial charge in [0.2, 0.25) is 0 Å². The molecule has 2 aromatic carbocycles. The van der Waals surface area contributed by atoms with Crippen LogP contribution in [-0.4, -0.2) is 35.2 Å². The summed E-state index contributed by atoms with van der Waals surface area (Å²) >= 11 is 1.51. The highest BCUT2D eigenvalue weighted by molar-refractivity contribution is 7.99. The summed E-state index contributed by atoms with van der Waals surface area (Å²) in [7, 11) is 0. The van der Waals surface area contributed by atoms with E-state index in [1.165, 1.54) is 34.9 Å². The second kappa shape index (κ2) is 8.57. The van der Waals surface area contributed by atoms with Gasteiger partial charge in [0.15, 0.2) is 0 Å². The topological polar surface area (TPSA) is 46.6 Å². The summed E-state index contributed by atoms with van der Waals surface area (Å²) in [6, 6.07) is 14.4. The number of rotatable bonds is 5. The van der Waals surface area contributed by atoms with E-state index < -0.39 is 17.8 Å². The number of hydrogen-bond donors (Lipinski definition) is 0. The summed E-state index contributed by atoms with van der Waals surface area (Å²) in [5.74, 6) is -0.625. The summed E-state index contributed by atoms with van der Waals surface area (Å²) in [4.78, 5) is 27.3. The molecule has 0 aromatic heterocycles. The zero-order chi connectivity index (χ0) is 19.4. The molecule has 0 bridgehead atoms. The fourth-order valence-electron chi connectivity index (χ4n) is 2.93. The molecule has 1 fully saturated rings. The highest BCUT2D eigenvalue weighted by Gasteiger charge is 2.43. The number of carbonyl (C=O) groups is 2.